The van der Waals surface area contributed by atoms with Gasteiger partial charge in [0.15, 0.2) is 0 Å². The number of nitrogens with one attached hydrogen (secondary N) is 1. The largest absolute Gasteiger partial charge is 0.325 e. The van der Waals surface area contributed by atoms with Gasteiger partial charge in [-0.1, -0.05) is 11.6 Å². The summed E-state index contributed by atoms with van der Waals surface area (Å²) in [6.45, 7) is 0. The second kappa shape index (κ2) is 5.91. The van der Waals surface area contributed by atoms with Crippen molar-refractivity contribution in [2.45, 2.75) is 12.5 Å². The molecule has 1 amide bonds. The van der Waals surface area contributed by atoms with E-state index in [1.54, 1.807) is 6.07 Å². The number of rotatable bonds is 3. The molecule has 1 atom stereocenters. The summed E-state index contributed by atoms with van der Waals surface area (Å²) in [5.41, 5.74) is 6.28. The number of nitrogens with two attached hydrogens (primary N) is 1. The second-order valence-corrected chi connectivity index (χ2v) is 3.72. The van der Waals surface area contributed by atoms with Crippen molar-refractivity contribution in [2.24, 2.45) is 5.73 Å². The molecule has 0 heterocycles. The molecule has 0 fully saturated rings. The van der Waals surface area contributed by atoms with Crippen LogP contribution >= 0.6 is 11.6 Å². The zero-order valence-corrected chi connectivity index (χ0v) is 9.66. The third-order valence-corrected chi connectivity index (χ3v) is 2.36. The second-order valence-electron chi connectivity index (χ2n) is 3.31. The number of hydrogen-bond acceptors (Lipinski definition) is 3. The summed E-state index contributed by atoms with van der Waals surface area (Å²) in [4.78, 5) is 11.5. The number of amides is 1. The van der Waals surface area contributed by atoms with Crippen LogP contribution < -0.4 is 11.1 Å². The molecule has 0 spiro atoms. The SMILES string of the molecule is C#CCC(N)C(=O)Nc1ccc(Cl)c(C#N)c1. The lowest BCUT2D eigenvalue weighted by Gasteiger charge is -2.10. The fraction of sp³-hybridized carbons (Fsp3) is 0.167. The molecule has 1 unspecified atom stereocenters. The van der Waals surface area contributed by atoms with Crippen molar-refractivity contribution in [1.29, 1.82) is 5.26 Å². The Morgan fingerprint density at radius 3 is 2.94 bits per heavy atom. The number of nitrogens with zero attached hydrogens (tertiary/aromatic N) is 1. The summed E-state index contributed by atoms with van der Waals surface area (Å²) in [5, 5.41) is 11.7. The molecule has 17 heavy (non-hydrogen) atoms. The van der Waals surface area contributed by atoms with Crippen LogP contribution in [0.2, 0.25) is 5.02 Å². The van der Waals surface area contributed by atoms with Crippen LogP contribution in [0.15, 0.2) is 18.2 Å². The molecule has 0 aliphatic carbocycles. The molecule has 1 rings (SSSR count). The van der Waals surface area contributed by atoms with E-state index in [4.69, 9.17) is 29.0 Å². The molecular weight excluding hydrogens is 238 g/mol. The van der Waals surface area contributed by atoms with Crippen molar-refractivity contribution in [2.75, 3.05) is 5.32 Å². The Labute approximate surface area is 104 Å². The molecule has 0 saturated carbocycles. The fourth-order valence-electron chi connectivity index (χ4n) is 1.14. The van der Waals surface area contributed by atoms with Crippen molar-refractivity contribution in [1.82, 2.24) is 0 Å². The van der Waals surface area contributed by atoms with Crippen LogP contribution in [0.5, 0.6) is 0 Å². The van der Waals surface area contributed by atoms with Gasteiger partial charge in [-0.3, -0.25) is 4.79 Å². The van der Waals surface area contributed by atoms with Crippen LogP contribution in [-0.2, 0) is 4.79 Å². The predicted octanol–water partition coefficient (Wildman–Crippen LogP) is 1.50. The molecule has 0 aromatic heterocycles. The highest BCUT2D eigenvalue weighted by Gasteiger charge is 2.12. The average molecular weight is 248 g/mol. The van der Waals surface area contributed by atoms with Crippen LogP contribution in [0.25, 0.3) is 0 Å². The molecule has 0 aliphatic heterocycles. The van der Waals surface area contributed by atoms with Crippen molar-refractivity contribution in [3.63, 3.8) is 0 Å². The van der Waals surface area contributed by atoms with Gasteiger partial charge < -0.3 is 11.1 Å². The molecule has 0 saturated heterocycles. The van der Waals surface area contributed by atoms with Gasteiger partial charge in [0.05, 0.1) is 16.6 Å². The van der Waals surface area contributed by atoms with Crippen LogP contribution in [0, 0.1) is 23.7 Å². The predicted molar refractivity (Wildman–Crippen MR) is 66.2 cm³/mol. The van der Waals surface area contributed by atoms with E-state index in [1.807, 2.05) is 6.07 Å². The number of nitriles is 1. The smallest absolute Gasteiger partial charge is 0.242 e. The lowest BCUT2D eigenvalue weighted by molar-refractivity contribution is -0.117. The summed E-state index contributed by atoms with van der Waals surface area (Å²) in [6, 6.07) is 5.75. The van der Waals surface area contributed by atoms with Gasteiger partial charge >= 0.3 is 0 Å². The summed E-state index contributed by atoms with van der Waals surface area (Å²) < 4.78 is 0. The standard InChI is InChI=1S/C12H10ClN3O/c1-2-3-11(15)12(17)16-9-4-5-10(13)8(6-9)7-14/h1,4-6,11H,3,15H2,(H,16,17). The van der Waals surface area contributed by atoms with Gasteiger partial charge in [-0.2, -0.15) is 5.26 Å². The maximum absolute atomic E-state index is 11.5. The molecule has 1 aromatic carbocycles. The Kier molecular flexibility index (Phi) is 4.54. The lowest BCUT2D eigenvalue weighted by Crippen LogP contribution is -2.35. The van der Waals surface area contributed by atoms with Crippen LogP contribution in [-0.4, -0.2) is 11.9 Å². The number of carbonyl (C=O) groups excluding carboxylic acids is 1. The van der Waals surface area contributed by atoms with E-state index < -0.39 is 11.9 Å². The number of terminal acetylenes is 1. The Balaban J connectivity index is 2.80. The van der Waals surface area contributed by atoms with Crippen LogP contribution in [0.4, 0.5) is 5.69 Å². The molecule has 5 heteroatoms. The van der Waals surface area contributed by atoms with Gasteiger partial charge in [-0.25, -0.2) is 0 Å². The lowest BCUT2D eigenvalue weighted by atomic mass is 10.2. The Bertz CT molecular complexity index is 513. The van der Waals surface area contributed by atoms with E-state index in [0.29, 0.717) is 10.7 Å². The van der Waals surface area contributed by atoms with Gasteiger partial charge in [-0.05, 0) is 18.2 Å². The van der Waals surface area contributed by atoms with E-state index >= 15 is 0 Å². The maximum atomic E-state index is 11.5. The topological polar surface area (TPSA) is 78.9 Å². The minimum Gasteiger partial charge on any atom is -0.325 e. The van der Waals surface area contributed by atoms with E-state index in [9.17, 15) is 4.79 Å². The van der Waals surface area contributed by atoms with E-state index in [2.05, 4.69) is 11.2 Å². The van der Waals surface area contributed by atoms with Gasteiger partial charge in [-0.15, -0.1) is 12.3 Å². The molecular formula is C12H10ClN3O. The third kappa shape index (κ3) is 3.49. The number of anilines is 1. The molecule has 86 valence electrons. The van der Waals surface area contributed by atoms with Crippen LogP contribution in [0.3, 0.4) is 0 Å². The van der Waals surface area contributed by atoms with Crippen LogP contribution in [0.1, 0.15) is 12.0 Å². The Hall–Kier alpha value is -2.01. The quantitative estimate of drug-likeness (QED) is 0.795. The number of benzene rings is 1. The molecule has 0 bridgehead atoms. The number of hydrogen-bond donors (Lipinski definition) is 2. The number of carbonyl (C=O) groups is 1. The Morgan fingerprint density at radius 1 is 1.65 bits per heavy atom. The third-order valence-electron chi connectivity index (χ3n) is 2.03. The summed E-state index contributed by atoms with van der Waals surface area (Å²) >= 11 is 5.76. The molecule has 1 aromatic rings. The number of halogens is 1. The first-order valence-electron chi connectivity index (χ1n) is 4.78. The highest BCUT2D eigenvalue weighted by atomic mass is 35.5. The highest BCUT2D eigenvalue weighted by molar-refractivity contribution is 6.31. The minimum absolute atomic E-state index is 0.157. The molecule has 0 aliphatic rings. The fourth-order valence-corrected chi connectivity index (χ4v) is 1.30. The summed E-state index contributed by atoms with van der Waals surface area (Å²) in [7, 11) is 0. The zero-order chi connectivity index (χ0) is 12.8. The summed E-state index contributed by atoms with van der Waals surface area (Å²) in [6.07, 6.45) is 5.21. The van der Waals surface area contributed by atoms with Gasteiger partial charge in [0.1, 0.15) is 6.07 Å². The van der Waals surface area contributed by atoms with Crippen molar-refractivity contribution in [3.8, 4) is 18.4 Å². The highest BCUT2D eigenvalue weighted by Crippen LogP contribution is 2.19. The van der Waals surface area contributed by atoms with E-state index in [1.165, 1.54) is 12.1 Å². The monoisotopic (exact) mass is 247 g/mol. The van der Waals surface area contributed by atoms with Crippen molar-refractivity contribution in [3.05, 3.63) is 28.8 Å². The zero-order valence-electron chi connectivity index (χ0n) is 8.90. The first-order valence-corrected chi connectivity index (χ1v) is 5.16. The first-order chi connectivity index (χ1) is 8.08. The van der Waals surface area contributed by atoms with E-state index in [0.717, 1.165) is 0 Å². The first kappa shape index (κ1) is 13.1. The Morgan fingerprint density at radius 2 is 2.35 bits per heavy atom. The van der Waals surface area contributed by atoms with Crippen molar-refractivity contribution >= 4 is 23.2 Å². The molecule has 4 nitrogen and oxygen atoms in total. The van der Waals surface area contributed by atoms with Gasteiger partial charge in [0.2, 0.25) is 5.91 Å². The maximum Gasteiger partial charge on any atom is 0.242 e. The van der Waals surface area contributed by atoms with Gasteiger partial charge in [0.25, 0.3) is 0 Å². The normalized spacial score (nSPS) is 11.1. The van der Waals surface area contributed by atoms with Gasteiger partial charge in [0, 0.05) is 12.1 Å². The van der Waals surface area contributed by atoms with Crippen molar-refractivity contribution < 1.29 is 4.79 Å². The molecule has 0 radical (unpaired) electrons. The minimum atomic E-state index is -0.763. The van der Waals surface area contributed by atoms with E-state index in [-0.39, 0.29) is 12.0 Å². The molecule has 3 N–H and O–H groups in total. The summed E-state index contributed by atoms with van der Waals surface area (Å²) in [5.74, 6) is 1.91. The average Bonchev–Trinajstić information content (AvgIpc) is 2.31.